The molecule has 0 aliphatic rings. The van der Waals surface area contributed by atoms with Gasteiger partial charge in [-0.25, -0.2) is 4.79 Å². The predicted molar refractivity (Wildman–Crippen MR) is 78.6 cm³/mol. The number of rotatable bonds is 3. The Bertz CT molecular complexity index is 784. The van der Waals surface area contributed by atoms with Gasteiger partial charge in [0, 0.05) is 11.8 Å². The Balaban J connectivity index is 2.30. The van der Waals surface area contributed by atoms with Gasteiger partial charge in [-0.15, -0.1) is 0 Å². The van der Waals surface area contributed by atoms with Gasteiger partial charge in [0.05, 0.1) is 5.39 Å². The van der Waals surface area contributed by atoms with Gasteiger partial charge in [-0.1, -0.05) is 43.7 Å². The maximum atomic E-state index is 12.0. The summed E-state index contributed by atoms with van der Waals surface area (Å²) in [6.07, 6.45) is 2.96. The Morgan fingerprint density at radius 3 is 2.68 bits per heavy atom. The normalized spacial score (nSPS) is 11.2. The van der Waals surface area contributed by atoms with Gasteiger partial charge in [0.15, 0.2) is 0 Å². The number of hydrogen-bond donors (Lipinski definition) is 0. The molecule has 3 rings (SSSR count). The van der Waals surface area contributed by atoms with Gasteiger partial charge >= 0.3 is 5.63 Å². The largest absolute Gasteiger partial charge is 0.427 e. The van der Waals surface area contributed by atoms with Crippen LogP contribution in [0.5, 0.6) is 0 Å². The quantitative estimate of drug-likeness (QED) is 0.651. The van der Waals surface area contributed by atoms with Crippen LogP contribution < -0.4 is 5.63 Å². The van der Waals surface area contributed by atoms with E-state index in [0.29, 0.717) is 5.39 Å². The summed E-state index contributed by atoms with van der Waals surface area (Å²) in [5.41, 5.74) is -0.227. The Morgan fingerprint density at radius 1 is 1.00 bits per heavy atom. The minimum absolute atomic E-state index is 0.227. The van der Waals surface area contributed by atoms with E-state index in [4.69, 9.17) is 4.42 Å². The molecule has 2 nitrogen and oxygen atoms in total. The SMILES string of the molecule is CCCCc1cc2c(ccc3ccccc32)c(=O)o1. The zero-order valence-electron chi connectivity index (χ0n) is 11.0. The van der Waals surface area contributed by atoms with Crippen molar-refractivity contribution in [3.63, 3.8) is 0 Å². The second-order valence-corrected chi connectivity index (χ2v) is 4.85. The number of unbranched alkanes of at least 4 members (excludes halogenated alkanes) is 1. The Hall–Kier alpha value is -2.09. The molecule has 2 aromatic carbocycles. The summed E-state index contributed by atoms with van der Waals surface area (Å²) >= 11 is 0. The highest BCUT2D eigenvalue weighted by molar-refractivity contribution is 6.06. The summed E-state index contributed by atoms with van der Waals surface area (Å²) in [6.45, 7) is 2.13. The molecule has 0 radical (unpaired) electrons. The minimum Gasteiger partial charge on any atom is -0.427 e. The van der Waals surface area contributed by atoms with Crippen molar-refractivity contribution in [3.05, 3.63) is 58.6 Å². The fourth-order valence-electron chi connectivity index (χ4n) is 2.47. The van der Waals surface area contributed by atoms with Crippen molar-refractivity contribution in [1.82, 2.24) is 0 Å². The van der Waals surface area contributed by atoms with Gasteiger partial charge in [-0.05, 0) is 29.3 Å². The van der Waals surface area contributed by atoms with E-state index in [1.165, 1.54) is 0 Å². The molecule has 0 N–H and O–H groups in total. The molecule has 0 spiro atoms. The second-order valence-electron chi connectivity index (χ2n) is 4.85. The van der Waals surface area contributed by atoms with E-state index in [0.717, 1.165) is 41.2 Å². The van der Waals surface area contributed by atoms with Gasteiger partial charge in [-0.3, -0.25) is 0 Å². The Morgan fingerprint density at radius 2 is 1.84 bits per heavy atom. The van der Waals surface area contributed by atoms with Crippen LogP contribution in [-0.2, 0) is 6.42 Å². The summed E-state index contributed by atoms with van der Waals surface area (Å²) in [4.78, 5) is 12.0. The van der Waals surface area contributed by atoms with Crippen molar-refractivity contribution in [1.29, 1.82) is 0 Å². The number of benzene rings is 2. The lowest BCUT2D eigenvalue weighted by Crippen LogP contribution is -2.02. The second kappa shape index (κ2) is 4.88. The molecule has 0 amide bonds. The van der Waals surface area contributed by atoms with Gasteiger partial charge in [-0.2, -0.15) is 0 Å². The maximum Gasteiger partial charge on any atom is 0.343 e. The van der Waals surface area contributed by atoms with Crippen molar-refractivity contribution >= 4 is 21.5 Å². The van der Waals surface area contributed by atoms with Crippen LogP contribution in [0, 0.1) is 0 Å². The summed E-state index contributed by atoms with van der Waals surface area (Å²) in [5.74, 6) is 0.788. The monoisotopic (exact) mass is 252 g/mol. The van der Waals surface area contributed by atoms with Crippen LogP contribution in [-0.4, -0.2) is 0 Å². The molecule has 0 aliphatic heterocycles. The van der Waals surface area contributed by atoms with E-state index in [2.05, 4.69) is 19.1 Å². The molecular weight excluding hydrogens is 236 g/mol. The van der Waals surface area contributed by atoms with Gasteiger partial charge < -0.3 is 4.42 Å². The molecule has 0 atom stereocenters. The highest BCUT2D eigenvalue weighted by Crippen LogP contribution is 2.24. The molecule has 3 aromatic rings. The van der Waals surface area contributed by atoms with Gasteiger partial charge in [0.2, 0.25) is 0 Å². The van der Waals surface area contributed by atoms with Crippen molar-refractivity contribution < 1.29 is 4.42 Å². The lowest BCUT2D eigenvalue weighted by Gasteiger charge is -2.05. The van der Waals surface area contributed by atoms with E-state index in [-0.39, 0.29) is 5.63 Å². The molecule has 1 aromatic heterocycles. The third-order valence-corrected chi connectivity index (χ3v) is 3.50. The molecule has 1 heterocycles. The first-order chi connectivity index (χ1) is 9.29. The lowest BCUT2D eigenvalue weighted by molar-refractivity contribution is 0.460. The first-order valence-electron chi connectivity index (χ1n) is 6.74. The fourth-order valence-corrected chi connectivity index (χ4v) is 2.47. The smallest absolute Gasteiger partial charge is 0.343 e. The molecular formula is C17H16O2. The van der Waals surface area contributed by atoms with Crippen LogP contribution in [0.1, 0.15) is 25.5 Å². The van der Waals surface area contributed by atoms with Crippen LogP contribution in [0.25, 0.3) is 21.5 Å². The maximum absolute atomic E-state index is 12.0. The summed E-state index contributed by atoms with van der Waals surface area (Å²) in [6, 6.07) is 14.0. The molecule has 0 unspecified atom stereocenters. The molecule has 0 aliphatic carbocycles. The molecule has 0 fully saturated rings. The molecule has 96 valence electrons. The highest BCUT2D eigenvalue weighted by atomic mass is 16.4. The van der Waals surface area contributed by atoms with E-state index in [1.54, 1.807) is 0 Å². The lowest BCUT2D eigenvalue weighted by atomic mass is 10.0. The Kier molecular flexibility index (Phi) is 3.08. The third-order valence-electron chi connectivity index (χ3n) is 3.50. The van der Waals surface area contributed by atoms with Crippen LogP contribution >= 0.6 is 0 Å². The fraction of sp³-hybridized carbons (Fsp3) is 0.235. The predicted octanol–water partition coefficient (Wildman–Crippen LogP) is 4.29. The van der Waals surface area contributed by atoms with Crippen molar-refractivity contribution in [2.24, 2.45) is 0 Å². The minimum atomic E-state index is -0.227. The number of aryl methyl sites for hydroxylation is 1. The third kappa shape index (κ3) is 2.14. The zero-order chi connectivity index (χ0) is 13.2. The summed E-state index contributed by atoms with van der Waals surface area (Å²) < 4.78 is 5.39. The van der Waals surface area contributed by atoms with Crippen LogP contribution in [0.4, 0.5) is 0 Å². The van der Waals surface area contributed by atoms with E-state index < -0.39 is 0 Å². The van der Waals surface area contributed by atoms with Gasteiger partial charge in [0.25, 0.3) is 0 Å². The van der Waals surface area contributed by atoms with E-state index in [1.807, 2.05) is 30.3 Å². The van der Waals surface area contributed by atoms with Crippen LogP contribution in [0.2, 0.25) is 0 Å². The van der Waals surface area contributed by atoms with Crippen molar-refractivity contribution in [2.75, 3.05) is 0 Å². The summed E-state index contributed by atoms with van der Waals surface area (Å²) in [5, 5.41) is 3.94. The first kappa shape index (κ1) is 12.0. The van der Waals surface area contributed by atoms with Crippen molar-refractivity contribution in [2.45, 2.75) is 26.2 Å². The molecule has 0 bridgehead atoms. The van der Waals surface area contributed by atoms with E-state index >= 15 is 0 Å². The van der Waals surface area contributed by atoms with E-state index in [9.17, 15) is 4.79 Å². The number of fused-ring (bicyclic) bond motifs is 3. The molecule has 19 heavy (non-hydrogen) atoms. The van der Waals surface area contributed by atoms with Crippen molar-refractivity contribution in [3.8, 4) is 0 Å². The zero-order valence-corrected chi connectivity index (χ0v) is 11.0. The topological polar surface area (TPSA) is 30.2 Å². The average Bonchev–Trinajstić information content (AvgIpc) is 2.45. The van der Waals surface area contributed by atoms with Crippen LogP contribution in [0.3, 0.4) is 0 Å². The molecule has 2 heteroatoms. The average molecular weight is 252 g/mol. The molecule has 0 saturated heterocycles. The highest BCUT2D eigenvalue weighted by Gasteiger charge is 2.07. The number of hydrogen-bond acceptors (Lipinski definition) is 2. The summed E-state index contributed by atoms with van der Waals surface area (Å²) in [7, 11) is 0. The van der Waals surface area contributed by atoms with Crippen LogP contribution in [0.15, 0.2) is 51.7 Å². The Labute approximate surface area is 111 Å². The molecule has 0 saturated carbocycles. The van der Waals surface area contributed by atoms with Gasteiger partial charge in [0.1, 0.15) is 5.76 Å². The first-order valence-corrected chi connectivity index (χ1v) is 6.74. The standard InChI is InChI=1S/C17H16O2/c1-2-3-7-13-11-16-14-8-5-4-6-12(14)9-10-15(16)17(18)19-13/h4-6,8-11H,2-3,7H2,1H3.